The lowest BCUT2D eigenvalue weighted by Crippen LogP contribution is -2.00. The van der Waals surface area contributed by atoms with Gasteiger partial charge in [-0.3, -0.25) is 0 Å². The summed E-state index contributed by atoms with van der Waals surface area (Å²) in [5, 5.41) is 0. The molecular weight excluding hydrogens is 327 g/mol. The van der Waals surface area contributed by atoms with Crippen molar-refractivity contribution < 1.29 is 4.39 Å². The molecule has 1 atom stereocenters. The SMILES string of the molecule is C=C(c1cccc(C(C)F)c1)c1ccc2c(c1)Cc1ccccc1S2. The monoisotopic (exact) mass is 346 g/mol. The van der Waals surface area contributed by atoms with Crippen LogP contribution >= 0.6 is 11.8 Å². The molecule has 0 radical (unpaired) electrons. The Morgan fingerprint density at radius 1 is 0.920 bits per heavy atom. The topological polar surface area (TPSA) is 0 Å². The number of fused-ring (bicyclic) bond motifs is 2. The fraction of sp³-hybridized carbons (Fsp3) is 0.130. The lowest BCUT2D eigenvalue weighted by atomic mass is 9.94. The summed E-state index contributed by atoms with van der Waals surface area (Å²) in [7, 11) is 0. The van der Waals surface area contributed by atoms with Crippen LogP contribution in [0.1, 0.15) is 40.9 Å². The second kappa shape index (κ2) is 6.53. The van der Waals surface area contributed by atoms with Crippen LogP contribution in [-0.2, 0) is 6.42 Å². The summed E-state index contributed by atoms with van der Waals surface area (Å²) in [4.78, 5) is 2.65. The van der Waals surface area contributed by atoms with Gasteiger partial charge in [-0.25, -0.2) is 4.39 Å². The predicted octanol–water partition coefficient (Wildman–Crippen LogP) is 6.83. The van der Waals surface area contributed by atoms with E-state index in [1.807, 2.05) is 36.0 Å². The van der Waals surface area contributed by atoms with Crippen LogP contribution in [0.4, 0.5) is 4.39 Å². The summed E-state index contributed by atoms with van der Waals surface area (Å²) >= 11 is 1.83. The Bertz CT molecular complexity index is 956. The third-order valence-corrected chi connectivity index (χ3v) is 5.91. The second-order valence-corrected chi connectivity index (χ2v) is 7.51. The average Bonchev–Trinajstić information content (AvgIpc) is 2.65. The quantitative estimate of drug-likeness (QED) is 0.391. The van der Waals surface area contributed by atoms with Gasteiger partial charge in [0.05, 0.1) is 0 Å². The maximum atomic E-state index is 13.6. The van der Waals surface area contributed by atoms with Crippen molar-refractivity contribution in [1.82, 2.24) is 0 Å². The first-order valence-electron chi connectivity index (χ1n) is 8.44. The van der Waals surface area contributed by atoms with E-state index in [0.29, 0.717) is 5.56 Å². The zero-order valence-corrected chi connectivity index (χ0v) is 14.9. The molecule has 0 saturated heterocycles. The molecule has 1 aliphatic rings. The van der Waals surface area contributed by atoms with Crippen molar-refractivity contribution in [2.45, 2.75) is 29.3 Å². The zero-order chi connectivity index (χ0) is 17.4. The largest absolute Gasteiger partial charge is 0.243 e. The molecule has 1 unspecified atom stereocenters. The van der Waals surface area contributed by atoms with Crippen LogP contribution in [-0.4, -0.2) is 0 Å². The van der Waals surface area contributed by atoms with Gasteiger partial charge < -0.3 is 0 Å². The van der Waals surface area contributed by atoms with E-state index in [0.717, 1.165) is 23.1 Å². The highest BCUT2D eigenvalue weighted by Crippen LogP contribution is 2.40. The first-order chi connectivity index (χ1) is 12.1. The molecule has 0 saturated carbocycles. The molecule has 4 rings (SSSR count). The lowest BCUT2D eigenvalue weighted by molar-refractivity contribution is 0.374. The Balaban J connectivity index is 1.67. The van der Waals surface area contributed by atoms with Gasteiger partial charge in [0.2, 0.25) is 0 Å². The van der Waals surface area contributed by atoms with Crippen LogP contribution in [0.5, 0.6) is 0 Å². The fourth-order valence-corrected chi connectivity index (χ4v) is 4.27. The van der Waals surface area contributed by atoms with Crippen molar-refractivity contribution in [3.63, 3.8) is 0 Å². The molecule has 0 bridgehead atoms. The number of alkyl halides is 1. The van der Waals surface area contributed by atoms with Gasteiger partial charge in [0, 0.05) is 9.79 Å². The third kappa shape index (κ3) is 3.14. The first kappa shape index (κ1) is 16.2. The van der Waals surface area contributed by atoms with Crippen LogP contribution in [0, 0.1) is 0 Å². The van der Waals surface area contributed by atoms with Crippen LogP contribution in [0.25, 0.3) is 5.57 Å². The van der Waals surface area contributed by atoms with Gasteiger partial charge in [-0.1, -0.05) is 60.8 Å². The standard InChI is InChI=1S/C23H19FS/c1-15(17-7-5-8-19(12-17)16(2)24)18-10-11-23-21(13-18)14-20-6-3-4-9-22(20)25-23/h3-13,16H,1,14H2,2H3. The van der Waals surface area contributed by atoms with E-state index in [1.165, 1.54) is 20.9 Å². The smallest absolute Gasteiger partial charge is 0.122 e. The molecule has 1 aliphatic heterocycles. The van der Waals surface area contributed by atoms with E-state index in [9.17, 15) is 4.39 Å². The van der Waals surface area contributed by atoms with Gasteiger partial charge in [0.15, 0.2) is 0 Å². The molecule has 3 aromatic rings. The first-order valence-corrected chi connectivity index (χ1v) is 9.26. The Morgan fingerprint density at radius 3 is 2.52 bits per heavy atom. The molecule has 124 valence electrons. The van der Waals surface area contributed by atoms with Crippen molar-refractivity contribution in [2.75, 3.05) is 0 Å². The van der Waals surface area contributed by atoms with Gasteiger partial charge in [-0.05, 0) is 71.0 Å². The van der Waals surface area contributed by atoms with Gasteiger partial charge in [-0.15, -0.1) is 0 Å². The fourth-order valence-electron chi connectivity index (χ4n) is 3.22. The second-order valence-electron chi connectivity index (χ2n) is 6.43. The Labute approximate surface area is 152 Å². The van der Waals surface area contributed by atoms with Gasteiger partial charge >= 0.3 is 0 Å². The lowest BCUT2D eigenvalue weighted by Gasteiger charge is -2.20. The van der Waals surface area contributed by atoms with Gasteiger partial charge in [0.25, 0.3) is 0 Å². The molecule has 0 amide bonds. The number of hydrogen-bond donors (Lipinski definition) is 0. The van der Waals surface area contributed by atoms with E-state index < -0.39 is 6.17 Å². The van der Waals surface area contributed by atoms with Crippen LogP contribution in [0.2, 0.25) is 0 Å². The molecule has 0 N–H and O–H groups in total. The molecule has 3 aromatic carbocycles. The molecular formula is C23H19FS. The molecule has 0 nitrogen and oxygen atoms in total. The van der Waals surface area contributed by atoms with E-state index in [-0.39, 0.29) is 0 Å². The predicted molar refractivity (Wildman–Crippen MR) is 104 cm³/mol. The highest BCUT2D eigenvalue weighted by atomic mass is 32.2. The summed E-state index contributed by atoms with van der Waals surface area (Å²) in [5.74, 6) is 0. The summed E-state index contributed by atoms with van der Waals surface area (Å²) in [6.45, 7) is 5.82. The minimum atomic E-state index is -0.968. The number of benzene rings is 3. The van der Waals surface area contributed by atoms with Crippen LogP contribution in [0.15, 0.2) is 83.1 Å². The molecule has 0 aliphatic carbocycles. The molecule has 1 heterocycles. The molecule has 0 aromatic heterocycles. The minimum Gasteiger partial charge on any atom is -0.243 e. The van der Waals surface area contributed by atoms with Gasteiger partial charge in [0.1, 0.15) is 6.17 Å². The van der Waals surface area contributed by atoms with Gasteiger partial charge in [-0.2, -0.15) is 0 Å². The molecule has 0 spiro atoms. The molecule has 25 heavy (non-hydrogen) atoms. The molecule has 0 fully saturated rings. The summed E-state index contributed by atoms with van der Waals surface area (Å²) < 4.78 is 13.6. The van der Waals surface area contributed by atoms with Crippen molar-refractivity contribution in [2.24, 2.45) is 0 Å². The summed E-state index contributed by atoms with van der Waals surface area (Å²) in [6, 6.07) is 22.7. The number of hydrogen-bond acceptors (Lipinski definition) is 1. The van der Waals surface area contributed by atoms with Crippen molar-refractivity contribution >= 4 is 17.3 Å². The average molecular weight is 346 g/mol. The maximum absolute atomic E-state index is 13.6. The van der Waals surface area contributed by atoms with Crippen LogP contribution < -0.4 is 0 Å². The Kier molecular flexibility index (Phi) is 4.22. The molecule has 2 heteroatoms. The van der Waals surface area contributed by atoms with E-state index in [4.69, 9.17) is 0 Å². The van der Waals surface area contributed by atoms with E-state index >= 15 is 0 Å². The highest BCUT2D eigenvalue weighted by Gasteiger charge is 2.17. The minimum absolute atomic E-state index is 0.695. The summed E-state index contributed by atoms with van der Waals surface area (Å²) in [5.41, 5.74) is 6.41. The van der Waals surface area contributed by atoms with Crippen LogP contribution in [0.3, 0.4) is 0 Å². The summed E-state index contributed by atoms with van der Waals surface area (Å²) in [6.07, 6.45) is -0.0227. The normalized spacial score (nSPS) is 13.7. The van der Waals surface area contributed by atoms with E-state index in [1.54, 1.807) is 6.92 Å². The Hall–Kier alpha value is -2.32. The Morgan fingerprint density at radius 2 is 1.68 bits per heavy atom. The number of rotatable bonds is 3. The van der Waals surface area contributed by atoms with Crippen molar-refractivity contribution in [3.8, 4) is 0 Å². The third-order valence-electron chi connectivity index (χ3n) is 4.68. The number of halogens is 1. The maximum Gasteiger partial charge on any atom is 0.122 e. The van der Waals surface area contributed by atoms with Crippen molar-refractivity contribution in [3.05, 3.63) is 101 Å². The van der Waals surface area contributed by atoms with Crippen molar-refractivity contribution in [1.29, 1.82) is 0 Å². The zero-order valence-electron chi connectivity index (χ0n) is 14.1. The highest BCUT2D eigenvalue weighted by molar-refractivity contribution is 7.99. The van der Waals surface area contributed by atoms with E-state index in [2.05, 4.69) is 49.0 Å².